The van der Waals surface area contributed by atoms with Gasteiger partial charge in [-0.1, -0.05) is 55.5 Å². The average Bonchev–Trinajstić information content (AvgIpc) is 3.09. The highest BCUT2D eigenvalue weighted by atomic mass is 16.5. The number of nitrogens with one attached hydrogen (secondary N) is 1. The zero-order valence-electron chi connectivity index (χ0n) is 18.7. The number of carboxylic acid groups (broad SMARTS) is 1. The van der Waals surface area contributed by atoms with Gasteiger partial charge in [-0.25, -0.2) is 4.79 Å². The van der Waals surface area contributed by atoms with Crippen molar-refractivity contribution in [2.75, 3.05) is 13.2 Å². The molecule has 0 spiro atoms. The van der Waals surface area contributed by atoms with Gasteiger partial charge in [0.1, 0.15) is 12.6 Å². The Kier molecular flexibility index (Phi) is 7.51. The van der Waals surface area contributed by atoms with Crippen molar-refractivity contribution in [3.63, 3.8) is 0 Å². The molecule has 0 aliphatic heterocycles. The van der Waals surface area contributed by atoms with E-state index in [4.69, 9.17) is 9.84 Å². The van der Waals surface area contributed by atoms with Crippen LogP contribution in [0.3, 0.4) is 0 Å². The maximum atomic E-state index is 12.9. The van der Waals surface area contributed by atoms with Crippen LogP contribution in [0.1, 0.15) is 50.7 Å². The third kappa shape index (κ3) is 4.93. The smallest absolute Gasteiger partial charge is 0.407 e. The molecule has 0 saturated carbocycles. The normalized spacial score (nSPS) is 14.1. The lowest BCUT2D eigenvalue weighted by atomic mass is 9.98. The number of fused-ring (bicyclic) bond motifs is 3. The van der Waals surface area contributed by atoms with Gasteiger partial charge in [-0.05, 0) is 42.5 Å². The summed E-state index contributed by atoms with van der Waals surface area (Å²) in [4.78, 5) is 38.0. The number of carbonyl (C=O) groups excluding carboxylic acids is 2. The molecule has 2 aromatic carbocycles. The van der Waals surface area contributed by atoms with Crippen LogP contribution in [0, 0.1) is 0 Å². The Bertz CT molecular complexity index is 944. The number of hydrogen-bond donors (Lipinski definition) is 2. The van der Waals surface area contributed by atoms with Gasteiger partial charge in [0.15, 0.2) is 0 Å². The molecular weight excluding hydrogens is 408 g/mol. The maximum Gasteiger partial charge on any atom is 0.407 e. The first kappa shape index (κ1) is 23.3. The van der Waals surface area contributed by atoms with E-state index in [0.717, 1.165) is 22.3 Å². The highest BCUT2D eigenvalue weighted by Crippen LogP contribution is 2.44. The third-order valence-electron chi connectivity index (χ3n) is 5.97. The van der Waals surface area contributed by atoms with Crippen molar-refractivity contribution in [3.8, 4) is 11.1 Å². The summed E-state index contributed by atoms with van der Waals surface area (Å²) in [5.74, 6) is -1.34. The molecule has 0 saturated heterocycles. The van der Waals surface area contributed by atoms with E-state index >= 15 is 0 Å². The van der Waals surface area contributed by atoms with Gasteiger partial charge in [-0.2, -0.15) is 0 Å². The molecule has 32 heavy (non-hydrogen) atoms. The second kappa shape index (κ2) is 10.3. The van der Waals surface area contributed by atoms with Crippen LogP contribution in [-0.4, -0.2) is 53.2 Å². The molecule has 0 fully saturated rings. The third-order valence-corrected chi connectivity index (χ3v) is 5.97. The van der Waals surface area contributed by atoms with Crippen molar-refractivity contribution in [1.82, 2.24) is 10.2 Å². The monoisotopic (exact) mass is 438 g/mol. The molecule has 0 bridgehead atoms. The molecule has 1 aliphatic rings. The zero-order valence-corrected chi connectivity index (χ0v) is 18.7. The van der Waals surface area contributed by atoms with Crippen LogP contribution in [0.5, 0.6) is 0 Å². The summed E-state index contributed by atoms with van der Waals surface area (Å²) in [7, 11) is 0. The fourth-order valence-electron chi connectivity index (χ4n) is 4.37. The summed E-state index contributed by atoms with van der Waals surface area (Å²) in [6.07, 6.45) is -0.436. The summed E-state index contributed by atoms with van der Waals surface area (Å²) in [5, 5.41) is 11.7. The van der Waals surface area contributed by atoms with Crippen LogP contribution < -0.4 is 5.32 Å². The summed E-state index contributed by atoms with van der Waals surface area (Å²) in [5.41, 5.74) is 4.52. The molecule has 2 N–H and O–H groups in total. The van der Waals surface area contributed by atoms with Gasteiger partial charge in [-0.15, -0.1) is 0 Å². The second-order valence-electron chi connectivity index (χ2n) is 8.00. The minimum atomic E-state index is -0.971. The predicted molar refractivity (Wildman–Crippen MR) is 121 cm³/mol. The number of nitrogens with zero attached hydrogens (tertiary/aromatic N) is 1. The second-order valence-corrected chi connectivity index (χ2v) is 8.00. The topological polar surface area (TPSA) is 95.9 Å². The molecule has 0 radical (unpaired) electrons. The minimum absolute atomic E-state index is 0.0633. The Morgan fingerprint density at radius 3 is 2.09 bits per heavy atom. The molecule has 2 atom stereocenters. The van der Waals surface area contributed by atoms with Crippen molar-refractivity contribution in [1.29, 1.82) is 0 Å². The van der Waals surface area contributed by atoms with Crippen molar-refractivity contribution in [2.45, 2.75) is 51.6 Å². The average molecular weight is 439 g/mol. The van der Waals surface area contributed by atoms with Gasteiger partial charge in [-0.3, -0.25) is 9.59 Å². The number of aliphatic carboxylic acids is 1. The van der Waals surface area contributed by atoms with Crippen molar-refractivity contribution >= 4 is 18.0 Å². The zero-order chi connectivity index (χ0) is 23.3. The number of hydrogen-bond acceptors (Lipinski definition) is 4. The number of ether oxygens (including phenoxy) is 1. The van der Waals surface area contributed by atoms with E-state index in [-0.39, 0.29) is 24.9 Å². The lowest BCUT2D eigenvalue weighted by Gasteiger charge is -2.30. The maximum absolute atomic E-state index is 12.9. The van der Waals surface area contributed by atoms with Crippen LogP contribution in [0.4, 0.5) is 4.79 Å². The number of amides is 2. The number of carboxylic acids is 1. The summed E-state index contributed by atoms with van der Waals surface area (Å²) in [6, 6.07) is 14.9. The number of likely N-dealkylation sites (N-methyl/N-ethyl adjacent to an activating group) is 1. The molecule has 0 heterocycles. The molecule has 170 valence electrons. The lowest BCUT2D eigenvalue weighted by molar-refractivity contribution is -0.141. The number of carbonyl (C=O) groups is 3. The van der Waals surface area contributed by atoms with Crippen LogP contribution in [0.2, 0.25) is 0 Å². The Morgan fingerprint density at radius 1 is 1.03 bits per heavy atom. The van der Waals surface area contributed by atoms with Crippen LogP contribution >= 0.6 is 0 Å². The largest absolute Gasteiger partial charge is 0.481 e. The molecule has 1 unspecified atom stereocenters. The highest BCUT2D eigenvalue weighted by Gasteiger charge is 2.31. The fourth-order valence-corrected chi connectivity index (χ4v) is 4.37. The van der Waals surface area contributed by atoms with E-state index in [9.17, 15) is 14.4 Å². The van der Waals surface area contributed by atoms with E-state index < -0.39 is 24.1 Å². The quantitative estimate of drug-likeness (QED) is 0.617. The molecule has 0 aromatic heterocycles. The molecule has 7 heteroatoms. The van der Waals surface area contributed by atoms with Crippen molar-refractivity contribution in [2.24, 2.45) is 0 Å². The van der Waals surface area contributed by atoms with E-state index in [2.05, 4.69) is 17.4 Å². The SMILES string of the molecule is CC[C@H](NC(=O)OCC1c2ccccc2-c2ccccc21)C(=O)N(CC)C(C)CC(=O)O. The lowest BCUT2D eigenvalue weighted by Crippen LogP contribution is -2.51. The molecule has 7 nitrogen and oxygen atoms in total. The van der Waals surface area contributed by atoms with Crippen molar-refractivity contribution in [3.05, 3.63) is 59.7 Å². The summed E-state index contributed by atoms with van der Waals surface area (Å²) >= 11 is 0. The van der Waals surface area contributed by atoms with E-state index in [1.54, 1.807) is 20.8 Å². The van der Waals surface area contributed by atoms with Gasteiger partial charge < -0.3 is 20.1 Å². The first-order valence-corrected chi connectivity index (χ1v) is 11.0. The van der Waals surface area contributed by atoms with Gasteiger partial charge in [0, 0.05) is 18.5 Å². The Balaban J connectivity index is 1.65. The van der Waals surface area contributed by atoms with E-state index in [1.165, 1.54) is 4.90 Å². The molecule has 2 amide bonds. The first-order valence-electron chi connectivity index (χ1n) is 11.0. The summed E-state index contributed by atoms with van der Waals surface area (Å²) in [6.45, 7) is 5.79. The molecule has 2 aromatic rings. The van der Waals surface area contributed by atoms with Crippen LogP contribution in [-0.2, 0) is 14.3 Å². The molecule has 3 rings (SSSR count). The van der Waals surface area contributed by atoms with Gasteiger partial charge in [0.05, 0.1) is 6.42 Å². The van der Waals surface area contributed by atoms with Crippen molar-refractivity contribution < 1.29 is 24.2 Å². The van der Waals surface area contributed by atoms with E-state index in [0.29, 0.717) is 13.0 Å². The minimum Gasteiger partial charge on any atom is -0.481 e. The molecule has 1 aliphatic carbocycles. The fraction of sp³-hybridized carbons (Fsp3) is 0.400. The number of rotatable bonds is 9. The van der Waals surface area contributed by atoms with Gasteiger partial charge >= 0.3 is 12.1 Å². The number of alkyl carbamates (subject to hydrolysis) is 1. The standard InChI is InChI=1S/C25H30N2O5/c1-4-22(24(30)27(5-2)16(3)14-23(28)29)26-25(31)32-15-21-19-12-8-6-10-17(19)18-11-7-9-13-20(18)21/h6-13,16,21-22H,4-5,14-15H2,1-3H3,(H,26,31)(H,28,29)/t16?,22-/m0/s1. The van der Waals surface area contributed by atoms with Crippen LogP contribution in [0.15, 0.2) is 48.5 Å². The van der Waals surface area contributed by atoms with Gasteiger partial charge in [0.25, 0.3) is 0 Å². The summed E-state index contributed by atoms with van der Waals surface area (Å²) < 4.78 is 5.55. The first-order chi connectivity index (χ1) is 15.4. The molecular formula is C25H30N2O5. The van der Waals surface area contributed by atoms with E-state index in [1.807, 2.05) is 36.4 Å². The highest BCUT2D eigenvalue weighted by molar-refractivity contribution is 5.86. The predicted octanol–water partition coefficient (Wildman–Crippen LogP) is 4.02. The Labute approximate surface area is 188 Å². The Morgan fingerprint density at radius 2 is 1.59 bits per heavy atom. The number of benzene rings is 2. The van der Waals surface area contributed by atoms with Crippen LogP contribution in [0.25, 0.3) is 11.1 Å². The van der Waals surface area contributed by atoms with Gasteiger partial charge in [0.2, 0.25) is 5.91 Å². The Hall–Kier alpha value is -3.35.